The first-order valence-corrected chi connectivity index (χ1v) is 22.9. The lowest BCUT2D eigenvalue weighted by Crippen LogP contribution is -2.72. The number of unbranched alkanes of at least 4 members (excludes halogenated alkanes) is 3. The molecule has 7 fully saturated rings. The van der Waals surface area contributed by atoms with Crippen LogP contribution in [0.5, 0.6) is 0 Å². The minimum absolute atomic E-state index is 0.0194. The Bertz CT molecular complexity index is 1420. The number of aliphatic imine (C=N–C) groups is 1. The van der Waals surface area contributed by atoms with Gasteiger partial charge < -0.3 is 46.4 Å². The number of nitrogens with zero attached hydrogens (tertiary/aromatic N) is 1. The zero-order valence-corrected chi connectivity index (χ0v) is 35.0. The van der Waals surface area contributed by atoms with Gasteiger partial charge in [-0.15, -0.1) is 0 Å². The Morgan fingerprint density at radius 3 is 2.52 bits per heavy atom. The van der Waals surface area contributed by atoms with E-state index in [1.807, 2.05) is 0 Å². The number of carbonyl (C=O) groups is 1. The molecule has 5 saturated carbocycles. The summed E-state index contributed by atoms with van der Waals surface area (Å²) in [4.78, 5) is 19.9. The molecule has 2 unspecified atom stereocenters. The molecule has 0 aromatic heterocycles. The Kier molecular flexibility index (Phi) is 12.7. The predicted molar refractivity (Wildman–Crippen MR) is 216 cm³/mol. The van der Waals surface area contributed by atoms with Crippen LogP contribution < -0.4 is 11.1 Å². The second-order valence-corrected chi connectivity index (χ2v) is 20.7. The molecule has 7 aliphatic rings. The maximum Gasteiger partial charge on any atom is 0.180 e. The smallest absolute Gasteiger partial charge is 0.180 e. The van der Waals surface area contributed by atoms with Gasteiger partial charge in [0.15, 0.2) is 5.78 Å². The van der Waals surface area contributed by atoms with Crippen molar-refractivity contribution in [3.8, 4) is 0 Å². The molecule has 0 radical (unpaired) electrons. The average Bonchev–Trinajstić information content (AvgIpc) is 3.64. The number of hydrogen-bond donors (Lipinski definition) is 8. The molecule has 11 heteroatoms. The fourth-order valence-electron chi connectivity index (χ4n) is 14.5. The third-order valence-electron chi connectivity index (χ3n) is 17.7. The van der Waals surface area contributed by atoms with Gasteiger partial charge in [0.1, 0.15) is 5.60 Å². The van der Waals surface area contributed by atoms with Crippen molar-refractivity contribution < 1.29 is 40.2 Å². The highest BCUT2D eigenvalue weighted by Crippen LogP contribution is 2.71. The van der Waals surface area contributed by atoms with E-state index >= 15 is 4.79 Å². The molecule has 2 aliphatic heterocycles. The number of fused-ring (bicyclic) bond motifs is 6. The van der Waals surface area contributed by atoms with Crippen LogP contribution in [0.3, 0.4) is 0 Å². The first-order valence-electron chi connectivity index (χ1n) is 22.9. The number of rotatable bonds is 12. The fourth-order valence-corrected chi connectivity index (χ4v) is 14.5. The van der Waals surface area contributed by atoms with Gasteiger partial charge >= 0.3 is 0 Å². The molecule has 0 bridgehead atoms. The normalized spacial score (nSPS) is 49.0. The van der Waals surface area contributed by atoms with E-state index in [2.05, 4.69) is 19.2 Å². The number of piperidine rings is 1. The first kappa shape index (κ1) is 43.1. The Hall–Kier alpha value is -1.02. The van der Waals surface area contributed by atoms with Crippen molar-refractivity contribution in [3.63, 3.8) is 0 Å². The number of carbonyl (C=O) groups excluding carboxylic acids is 1. The second-order valence-electron chi connectivity index (χ2n) is 20.7. The van der Waals surface area contributed by atoms with Crippen LogP contribution in [-0.2, 0) is 9.53 Å². The minimum atomic E-state index is -1.58. The van der Waals surface area contributed by atoms with Crippen LogP contribution in [0, 0.1) is 52.3 Å². The van der Waals surface area contributed by atoms with Crippen molar-refractivity contribution in [3.05, 3.63) is 0 Å². The molecule has 320 valence electrons. The largest absolute Gasteiger partial charge is 0.391 e. The molecule has 17 atom stereocenters. The quantitative estimate of drug-likeness (QED) is 0.131. The standard InChI is InChI=1S/C45H77N3O8/c1-5-6-7-8-11-29-26-56-40-30(29)12-9-10-18-45(40,55)42(4,53)35-17-21-44(54)37-31(16-19-41(35,44)3)43(20-15-28-13-14-36(46)47-25-28)23-34(51)33(50)22-32(43)39(52)38(37)48-24-27(2)49/h27-37,40,47,49-51,53-55H,5-26,46H2,1-4H3/t27-,28?,29-,30-,31+,32+,33+,34-,35+,36?,37-,40-,41+,42+,43+,44-,45+/m0/s1. The van der Waals surface area contributed by atoms with Gasteiger partial charge in [-0.3, -0.25) is 9.79 Å². The maximum atomic E-state index is 15.0. The topological polar surface area (TPSA) is 198 Å². The maximum absolute atomic E-state index is 15.0. The molecule has 7 rings (SSSR count). The molecule has 5 aliphatic carbocycles. The third kappa shape index (κ3) is 7.10. The van der Waals surface area contributed by atoms with E-state index in [0.29, 0.717) is 62.7 Å². The summed E-state index contributed by atoms with van der Waals surface area (Å²) < 4.78 is 6.59. The Morgan fingerprint density at radius 1 is 1.02 bits per heavy atom. The summed E-state index contributed by atoms with van der Waals surface area (Å²) in [6.45, 7) is 9.17. The van der Waals surface area contributed by atoms with E-state index in [0.717, 1.165) is 57.9 Å². The van der Waals surface area contributed by atoms with E-state index in [1.165, 1.54) is 19.3 Å². The van der Waals surface area contributed by atoms with Gasteiger partial charge in [0.25, 0.3) is 0 Å². The van der Waals surface area contributed by atoms with Gasteiger partial charge in [0.05, 0.1) is 60.6 Å². The lowest BCUT2D eigenvalue weighted by molar-refractivity contribution is -0.258. The second kappa shape index (κ2) is 16.4. The highest BCUT2D eigenvalue weighted by atomic mass is 16.5. The average molecular weight is 788 g/mol. The third-order valence-corrected chi connectivity index (χ3v) is 17.7. The van der Waals surface area contributed by atoms with Gasteiger partial charge in [0.2, 0.25) is 0 Å². The molecule has 11 nitrogen and oxygen atoms in total. The van der Waals surface area contributed by atoms with E-state index < -0.39 is 69.8 Å². The highest BCUT2D eigenvalue weighted by Gasteiger charge is 2.75. The van der Waals surface area contributed by atoms with Crippen molar-refractivity contribution >= 4 is 11.5 Å². The number of nitrogens with two attached hydrogens (primary N) is 1. The number of aliphatic hydroxyl groups excluding tert-OH is 3. The van der Waals surface area contributed by atoms with Crippen molar-refractivity contribution in [2.24, 2.45) is 63.0 Å². The number of aliphatic hydroxyl groups is 6. The van der Waals surface area contributed by atoms with Gasteiger partial charge in [-0.25, -0.2) is 0 Å². The number of hydrogen-bond acceptors (Lipinski definition) is 11. The Morgan fingerprint density at radius 2 is 1.80 bits per heavy atom. The zero-order chi connectivity index (χ0) is 40.3. The van der Waals surface area contributed by atoms with Gasteiger partial charge in [-0.05, 0) is 139 Å². The molecule has 2 heterocycles. The fraction of sp³-hybridized carbons (Fsp3) is 0.956. The van der Waals surface area contributed by atoms with E-state index in [-0.39, 0.29) is 43.2 Å². The van der Waals surface area contributed by atoms with Crippen molar-refractivity contribution in [1.29, 1.82) is 0 Å². The molecule has 0 spiro atoms. The summed E-state index contributed by atoms with van der Waals surface area (Å²) in [5.41, 5.74) is 0.426. The molecular weight excluding hydrogens is 711 g/mol. The van der Waals surface area contributed by atoms with Crippen LogP contribution in [0.1, 0.15) is 150 Å². The van der Waals surface area contributed by atoms with Crippen LogP contribution >= 0.6 is 0 Å². The van der Waals surface area contributed by atoms with E-state index in [9.17, 15) is 30.6 Å². The molecule has 0 amide bonds. The number of ketones is 1. The van der Waals surface area contributed by atoms with Crippen LogP contribution in [0.4, 0.5) is 0 Å². The summed E-state index contributed by atoms with van der Waals surface area (Å²) in [7, 11) is 0. The molecule has 2 saturated heterocycles. The summed E-state index contributed by atoms with van der Waals surface area (Å²) in [5, 5.41) is 76.0. The predicted octanol–water partition coefficient (Wildman–Crippen LogP) is 4.41. The van der Waals surface area contributed by atoms with Crippen LogP contribution in [0.2, 0.25) is 0 Å². The minimum Gasteiger partial charge on any atom is -0.391 e. The number of ether oxygens (including phenoxy) is 1. The Balaban J connectivity index is 1.24. The number of Topliss-reactive ketones (excluding diaryl/α,β-unsaturated/α-hetero) is 1. The molecule has 9 N–H and O–H groups in total. The van der Waals surface area contributed by atoms with Gasteiger partial charge in [0, 0.05) is 17.3 Å². The van der Waals surface area contributed by atoms with Gasteiger partial charge in [-0.2, -0.15) is 0 Å². The van der Waals surface area contributed by atoms with Crippen LogP contribution in [-0.4, -0.2) is 109 Å². The summed E-state index contributed by atoms with van der Waals surface area (Å²) >= 11 is 0. The SMILES string of the molecule is CCCCCC[C@H]1CO[C@H]2[C@H]1CCCC[C@]2(O)[C@](C)(O)[C@@H]1CC[C@]2(O)[C@@H]3C(=NC[C@H](C)O)C(=O)[C@H]4C[C@@H](O)[C@@H](O)C[C@]4(CCC4CCC(N)NC4)[C@@H]3CC[C@]12C. The lowest BCUT2D eigenvalue weighted by Gasteiger charge is -2.65. The lowest BCUT2D eigenvalue weighted by atomic mass is 9.40. The zero-order valence-electron chi connectivity index (χ0n) is 35.0. The number of nitrogens with one attached hydrogen (secondary N) is 1. The van der Waals surface area contributed by atoms with E-state index in [1.54, 1.807) is 13.8 Å². The van der Waals surface area contributed by atoms with Crippen LogP contribution in [0.25, 0.3) is 0 Å². The highest BCUT2D eigenvalue weighted by molar-refractivity contribution is 6.42. The Labute approximate surface area is 336 Å². The first-order chi connectivity index (χ1) is 26.5. The van der Waals surface area contributed by atoms with Crippen LogP contribution in [0.15, 0.2) is 4.99 Å². The van der Waals surface area contributed by atoms with Crippen molar-refractivity contribution in [2.45, 2.75) is 197 Å². The monoisotopic (exact) mass is 788 g/mol. The molecule has 56 heavy (non-hydrogen) atoms. The molecular formula is C45H77N3O8. The van der Waals surface area contributed by atoms with Gasteiger partial charge in [-0.1, -0.05) is 52.4 Å². The molecule has 0 aromatic carbocycles. The summed E-state index contributed by atoms with van der Waals surface area (Å²) in [6, 6.07) is 0. The summed E-state index contributed by atoms with van der Waals surface area (Å²) in [6.07, 6.45) is 11.6. The van der Waals surface area contributed by atoms with E-state index in [4.69, 9.17) is 15.5 Å². The summed E-state index contributed by atoms with van der Waals surface area (Å²) in [5.74, 6) is -1.17. The van der Waals surface area contributed by atoms with Crippen molar-refractivity contribution in [1.82, 2.24) is 5.32 Å². The van der Waals surface area contributed by atoms with Crippen molar-refractivity contribution in [2.75, 3.05) is 19.7 Å². The molecule has 0 aromatic rings.